The molecule has 5 heteroatoms. The Morgan fingerprint density at radius 2 is 1.86 bits per heavy atom. The molecule has 0 bridgehead atoms. The van der Waals surface area contributed by atoms with Gasteiger partial charge >= 0.3 is 0 Å². The molecular formula is C17H26O4P. The molecule has 0 spiro atoms. The normalized spacial score (nSPS) is 13.5. The zero-order valence-corrected chi connectivity index (χ0v) is 15.2. The van der Waals surface area contributed by atoms with Crippen LogP contribution in [0.15, 0.2) is 18.2 Å². The standard InChI is InChI=1S/C17H26O4P/c1-12(10-17(2,3)4)11-22(19)16(18)13-8-7-9-14(20-5)15(13)21-6/h7-9,12H,10-11H2,1-6H3. The molecule has 0 N–H and O–H groups in total. The lowest BCUT2D eigenvalue weighted by molar-refractivity contribution is 0.107. The zero-order chi connectivity index (χ0) is 16.9. The van der Waals surface area contributed by atoms with E-state index in [9.17, 15) is 9.36 Å². The molecule has 0 aliphatic heterocycles. The fourth-order valence-electron chi connectivity index (χ4n) is 2.67. The lowest BCUT2D eigenvalue weighted by Gasteiger charge is -2.22. The number of ether oxygens (including phenoxy) is 2. The van der Waals surface area contributed by atoms with Gasteiger partial charge in [0.05, 0.1) is 19.8 Å². The minimum Gasteiger partial charge on any atom is -0.493 e. The van der Waals surface area contributed by atoms with Crippen LogP contribution in [0, 0.1) is 11.3 Å². The minimum absolute atomic E-state index is 0.159. The van der Waals surface area contributed by atoms with Gasteiger partial charge in [-0.15, -0.1) is 0 Å². The number of benzene rings is 1. The fourth-order valence-corrected chi connectivity index (χ4v) is 3.97. The molecule has 0 saturated heterocycles. The first kappa shape index (κ1) is 18.6. The van der Waals surface area contributed by atoms with Crippen LogP contribution in [0.5, 0.6) is 11.5 Å². The van der Waals surface area contributed by atoms with Crippen molar-refractivity contribution in [1.29, 1.82) is 0 Å². The summed E-state index contributed by atoms with van der Waals surface area (Å²) in [7, 11) is 1.01. The predicted octanol–water partition coefficient (Wildman–Crippen LogP) is 4.74. The minimum atomic E-state index is -1.97. The Morgan fingerprint density at radius 1 is 1.23 bits per heavy atom. The second-order valence-corrected chi connectivity index (χ2v) is 8.31. The molecule has 1 rings (SSSR count). The van der Waals surface area contributed by atoms with E-state index in [1.54, 1.807) is 18.2 Å². The van der Waals surface area contributed by atoms with Gasteiger partial charge < -0.3 is 9.47 Å². The average Bonchev–Trinajstić information content (AvgIpc) is 2.43. The van der Waals surface area contributed by atoms with Gasteiger partial charge in [-0.25, -0.2) is 0 Å². The van der Waals surface area contributed by atoms with Gasteiger partial charge in [0.2, 0.25) is 5.52 Å². The summed E-state index contributed by atoms with van der Waals surface area (Å²) in [5.41, 5.74) is 0.115. The van der Waals surface area contributed by atoms with Crippen LogP contribution in [-0.4, -0.2) is 25.9 Å². The van der Waals surface area contributed by atoms with Gasteiger partial charge in [0.1, 0.15) is 7.80 Å². The van der Waals surface area contributed by atoms with Gasteiger partial charge in [-0.05, 0) is 29.9 Å². The van der Waals surface area contributed by atoms with E-state index in [1.165, 1.54) is 14.2 Å². The van der Waals surface area contributed by atoms with E-state index in [0.29, 0.717) is 23.2 Å². The van der Waals surface area contributed by atoms with Crippen molar-refractivity contribution < 1.29 is 18.8 Å². The molecule has 0 fully saturated rings. The number of carbonyl (C=O) groups is 1. The summed E-state index contributed by atoms with van der Waals surface area (Å²) in [6.45, 7) is 8.46. The molecule has 1 aromatic rings. The number of methoxy groups -OCH3 is 2. The first-order valence-corrected chi connectivity index (χ1v) is 8.84. The highest BCUT2D eigenvalue weighted by molar-refractivity contribution is 7.64. The van der Waals surface area contributed by atoms with Gasteiger partial charge in [-0.3, -0.25) is 9.36 Å². The first-order valence-electron chi connectivity index (χ1n) is 7.39. The third-order valence-electron chi connectivity index (χ3n) is 3.30. The van der Waals surface area contributed by atoms with Crippen LogP contribution in [0.25, 0.3) is 0 Å². The van der Waals surface area contributed by atoms with Gasteiger partial charge in [-0.2, -0.15) is 0 Å². The Balaban J connectivity index is 2.90. The molecule has 0 aliphatic carbocycles. The predicted molar refractivity (Wildman–Crippen MR) is 89.6 cm³/mol. The summed E-state index contributed by atoms with van der Waals surface area (Å²) in [4.78, 5) is 12.5. The summed E-state index contributed by atoms with van der Waals surface area (Å²) in [5.74, 6) is 1.05. The quantitative estimate of drug-likeness (QED) is 0.679. The van der Waals surface area contributed by atoms with Crippen molar-refractivity contribution in [2.45, 2.75) is 34.1 Å². The van der Waals surface area contributed by atoms with E-state index in [-0.39, 0.29) is 16.9 Å². The Hall–Kier alpha value is -1.41. The summed E-state index contributed by atoms with van der Waals surface area (Å²) in [6, 6.07) is 5.05. The number of para-hydroxylation sites is 1. The van der Waals surface area contributed by atoms with Crippen molar-refractivity contribution in [2.24, 2.45) is 11.3 Å². The number of hydrogen-bond donors (Lipinski definition) is 0. The first-order chi connectivity index (χ1) is 10.2. The van der Waals surface area contributed by atoms with Gasteiger partial charge in [0, 0.05) is 6.16 Å². The van der Waals surface area contributed by atoms with E-state index in [1.807, 2.05) is 6.92 Å². The lowest BCUT2D eigenvalue weighted by atomic mass is 9.86. The van der Waals surface area contributed by atoms with Crippen LogP contribution in [-0.2, 0) is 4.57 Å². The Morgan fingerprint density at radius 3 is 2.36 bits per heavy atom. The molecule has 0 aromatic heterocycles. The van der Waals surface area contributed by atoms with Gasteiger partial charge in [0.25, 0.3) is 0 Å². The van der Waals surface area contributed by atoms with Crippen molar-refractivity contribution in [1.82, 2.24) is 0 Å². The SMILES string of the molecule is COc1cccc(C(=O)[P](=O)CC(C)CC(C)(C)C)c1OC. The van der Waals surface area contributed by atoms with E-state index in [2.05, 4.69) is 20.8 Å². The van der Waals surface area contributed by atoms with Crippen LogP contribution < -0.4 is 9.47 Å². The summed E-state index contributed by atoms with van der Waals surface area (Å²) in [5, 5.41) is 0. The van der Waals surface area contributed by atoms with E-state index >= 15 is 0 Å². The maximum atomic E-state index is 12.5. The molecule has 0 heterocycles. The Bertz CT molecular complexity index is 546. The zero-order valence-electron chi connectivity index (χ0n) is 14.3. The van der Waals surface area contributed by atoms with Gasteiger partial charge in [-0.1, -0.05) is 33.8 Å². The fraction of sp³-hybridized carbons (Fsp3) is 0.588. The molecule has 0 aliphatic rings. The number of hydrogen-bond acceptors (Lipinski definition) is 4. The largest absolute Gasteiger partial charge is 0.493 e. The maximum absolute atomic E-state index is 12.5. The molecule has 123 valence electrons. The van der Waals surface area contributed by atoms with Crippen molar-refractivity contribution in [3.63, 3.8) is 0 Å². The highest BCUT2D eigenvalue weighted by Crippen LogP contribution is 2.39. The summed E-state index contributed by atoms with van der Waals surface area (Å²) < 4.78 is 22.8. The summed E-state index contributed by atoms with van der Waals surface area (Å²) in [6.07, 6.45) is 1.32. The number of carbonyl (C=O) groups excluding carboxylic acids is 1. The van der Waals surface area contributed by atoms with Crippen molar-refractivity contribution in [2.75, 3.05) is 20.4 Å². The molecule has 22 heavy (non-hydrogen) atoms. The van der Waals surface area contributed by atoms with Gasteiger partial charge in [0.15, 0.2) is 11.5 Å². The average molecular weight is 325 g/mol. The second-order valence-electron chi connectivity index (χ2n) is 6.78. The molecule has 1 radical (unpaired) electrons. The summed E-state index contributed by atoms with van der Waals surface area (Å²) >= 11 is 0. The van der Waals surface area contributed by atoms with Crippen LogP contribution in [0.3, 0.4) is 0 Å². The second kappa shape index (κ2) is 7.73. The number of rotatable bonds is 7. The van der Waals surface area contributed by atoms with E-state index in [0.717, 1.165) is 6.42 Å². The molecular weight excluding hydrogens is 299 g/mol. The molecule has 0 saturated carbocycles. The van der Waals surface area contributed by atoms with E-state index in [4.69, 9.17) is 9.47 Å². The van der Waals surface area contributed by atoms with E-state index < -0.39 is 7.80 Å². The monoisotopic (exact) mass is 325 g/mol. The van der Waals surface area contributed by atoms with Crippen LogP contribution in [0.1, 0.15) is 44.5 Å². The molecule has 4 nitrogen and oxygen atoms in total. The lowest BCUT2D eigenvalue weighted by Crippen LogP contribution is -2.13. The maximum Gasteiger partial charge on any atom is 0.245 e. The van der Waals surface area contributed by atoms with Crippen LogP contribution in [0.4, 0.5) is 0 Å². The highest BCUT2D eigenvalue weighted by atomic mass is 31.1. The van der Waals surface area contributed by atoms with Crippen molar-refractivity contribution >= 4 is 13.3 Å². The smallest absolute Gasteiger partial charge is 0.245 e. The van der Waals surface area contributed by atoms with Crippen molar-refractivity contribution in [3.05, 3.63) is 23.8 Å². The highest BCUT2D eigenvalue weighted by Gasteiger charge is 2.25. The van der Waals surface area contributed by atoms with Crippen LogP contribution >= 0.6 is 7.80 Å². The Labute approximate surface area is 134 Å². The van der Waals surface area contributed by atoms with Crippen LogP contribution in [0.2, 0.25) is 0 Å². The third kappa shape index (κ3) is 5.10. The molecule has 2 atom stereocenters. The molecule has 0 amide bonds. The Kier molecular flexibility index (Phi) is 6.55. The molecule has 2 unspecified atom stereocenters. The molecule has 1 aromatic carbocycles. The topological polar surface area (TPSA) is 52.6 Å². The van der Waals surface area contributed by atoms with Crippen molar-refractivity contribution in [3.8, 4) is 11.5 Å². The third-order valence-corrected chi connectivity index (χ3v) is 4.95.